The number of carbonyl (C=O) groups is 3. The number of rotatable bonds is 7. The first-order valence-electron chi connectivity index (χ1n) is 15.8. The Morgan fingerprint density at radius 3 is 2.47 bits per heavy atom. The maximum absolute atomic E-state index is 14.1. The molecule has 248 valence electrons. The molecule has 0 saturated carbocycles. The van der Waals surface area contributed by atoms with Gasteiger partial charge in [-0.15, -0.1) is 0 Å². The Morgan fingerprint density at radius 2 is 1.68 bits per heavy atom. The highest BCUT2D eigenvalue weighted by Crippen LogP contribution is 2.35. The number of hydrogen-bond acceptors (Lipinski definition) is 8. The van der Waals surface area contributed by atoms with Gasteiger partial charge in [0.1, 0.15) is 17.8 Å². The number of nitrogens with one attached hydrogen (secondary N) is 4. The van der Waals surface area contributed by atoms with Gasteiger partial charge in [-0.2, -0.15) is 0 Å². The number of benzene rings is 3. The smallest absolute Gasteiger partial charge is 0.246 e. The number of H-pyrrole nitrogens is 1. The van der Waals surface area contributed by atoms with Crippen LogP contribution in [0, 0.1) is 0 Å². The summed E-state index contributed by atoms with van der Waals surface area (Å²) >= 11 is 1.58. The normalized spacial score (nSPS) is 19.8. The third-order valence-electron chi connectivity index (χ3n) is 8.52. The summed E-state index contributed by atoms with van der Waals surface area (Å²) in [5.41, 5.74) is 15.6. The molecule has 1 aromatic heterocycles. The molecule has 0 fully saturated rings. The van der Waals surface area contributed by atoms with Gasteiger partial charge in [0.15, 0.2) is 0 Å². The van der Waals surface area contributed by atoms with Gasteiger partial charge in [-0.25, -0.2) is 0 Å². The van der Waals surface area contributed by atoms with Crippen molar-refractivity contribution in [2.75, 3.05) is 27.2 Å². The van der Waals surface area contributed by atoms with Crippen LogP contribution in [-0.2, 0) is 33.9 Å². The molecule has 12 heteroatoms. The second-order valence-corrected chi connectivity index (χ2v) is 12.7. The molecule has 4 aromatic rings. The first-order chi connectivity index (χ1) is 22.8. The summed E-state index contributed by atoms with van der Waals surface area (Å²) in [6.07, 6.45) is 3.21. The molecule has 11 nitrogen and oxygen atoms in total. The van der Waals surface area contributed by atoms with Gasteiger partial charge in [0.05, 0.1) is 13.2 Å². The summed E-state index contributed by atoms with van der Waals surface area (Å²) < 4.78 is 5.52. The zero-order valence-electron chi connectivity index (χ0n) is 26.8. The van der Waals surface area contributed by atoms with E-state index in [1.165, 1.54) is 4.90 Å². The highest BCUT2D eigenvalue weighted by atomic mass is 32.2. The van der Waals surface area contributed by atoms with E-state index in [1.807, 2.05) is 72.9 Å². The van der Waals surface area contributed by atoms with E-state index in [0.717, 1.165) is 37.4 Å². The van der Waals surface area contributed by atoms with Gasteiger partial charge >= 0.3 is 0 Å². The Morgan fingerprint density at radius 1 is 0.915 bits per heavy atom. The number of aromatic amines is 1. The summed E-state index contributed by atoms with van der Waals surface area (Å²) in [4.78, 5) is 48.3. The van der Waals surface area contributed by atoms with Crippen LogP contribution in [-0.4, -0.2) is 73.0 Å². The molecule has 0 unspecified atom stereocenters. The number of fused-ring (bicyclic) bond motifs is 3. The van der Waals surface area contributed by atoms with E-state index in [4.69, 9.17) is 16.2 Å². The summed E-state index contributed by atoms with van der Waals surface area (Å²) in [7, 11) is 3.19. The van der Waals surface area contributed by atoms with Crippen LogP contribution in [0.1, 0.15) is 29.5 Å². The lowest BCUT2D eigenvalue weighted by molar-refractivity contribution is -0.141. The van der Waals surface area contributed by atoms with E-state index < -0.39 is 24.0 Å². The minimum atomic E-state index is -1.03. The molecule has 0 aliphatic carbocycles. The Kier molecular flexibility index (Phi) is 11.5. The number of likely N-dealkylation sites (N-methyl/N-ethyl adjacent to an activating group) is 1. The fourth-order valence-corrected chi connectivity index (χ4v) is 6.83. The first kappa shape index (κ1) is 34.0. The van der Waals surface area contributed by atoms with Crippen LogP contribution >= 0.6 is 11.8 Å². The van der Waals surface area contributed by atoms with E-state index in [-0.39, 0.29) is 31.3 Å². The summed E-state index contributed by atoms with van der Waals surface area (Å²) in [6, 6.07) is 19.0. The Hall–Kier alpha value is -4.36. The Bertz CT molecular complexity index is 1710. The van der Waals surface area contributed by atoms with Gasteiger partial charge in [-0.05, 0) is 66.4 Å². The third-order valence-corrected chi connectivity index (χ3v) is 9.76. The molecule has 1 aliphatic heterocycles. The Balaban J connectivity index is 1.55. The number of aromatic nitrogens is 1. The third kappa shape index (κ3) is 8.14. The van der Waals surface area contributed by atoms with Crippen molar-refractivity contribution in [2.24, 2.45) is 11.5 Å². The molecule has 8 N–H and O–H groups in total. The van der Waals surface area contributed by atoms with E-state index in [1.54, 1.807) is 25.9 Å². The number of nitrogens with zero attached hydrogens (tertiary/aromatic N) is 1. The van der Waals surface area contributed by atoms with Gasteiger partial charge in [-0.3, -0.25) is 14.4 Å². The maximum atomic E-state index is 14.1. The zero-order chi connectivity index (χ0) is 33.3. The molecule has 5 rings (SSSR count). The van der Waals surface area contributed by atoms with Gasteiger partial charge in [0, 0.05) is 60.0 Å². The van der Waals surface area contributed by atoms with Crippen molar-refractivity contribution in [3.05, 3.63) is 89.6 Å². The zero-order valence-corrected chi connectivity index (χ0v) is 27.6. The molecule has 2 heterocycles. The molecular weight excluding hydrogens is 614 g/mol. The molecule has 0 bridgehead atoms. The lowest BCUT2D eigenvalue weighted by atomic mass is 10.0. The minimum Gasteiger partial charge on any atom is -0.497 e. The standard InChI is InChI=1S/C35H43N7O4S/c1-42-30(17-23-20-38-27-10-5-4-9-26(23)27)34(44)40-21-24-16-25(46-2)13-14-32(24)47-31-12-6-3-8-22(31)19-39-28(11-7-15-36)33(43)41-29(18-37)35(42)45/h3-6,8-10,12-14,16,20,28-30,38-39H,7,11,15,17-19,21,36-37H2,1-2H3,(H,40,44)(H,41,43)/t28-,29-,30-/m0/s1. The lowest BCUT2D eigenvalue weighted by Gasteiger charge is -2.31. The molecule has 3 aromatic carbocycles. The number of nitrogens with two attached hydrogens (primary N) is 2. The molecule has 3 amide bonds. The van der Waals surface area contributed by atoms with Crippen molar-refractivity contribution in [1.29, 1.82) is 0 Å². The van der Waals surface area contributed by atoms with E-state index in [2.05, 4.69) is 20.9 Å². The quantitative estimate of drug-likeness (QED) is 0.176. The number of carbonyl (C=O) groups excluding carboxylic acids is 3. The predicted molar refractivity (Wildman–Crippen MR) is 184 cm³/mol. The average Bonchev–Trinajstić information content (AvgIpc) is 3.51. The molecule has 0 saturated heterocycles. The number of ether oxygens (including phenoxy) is 1. The minimum absolute atomic E-state index is 0.132. The van der Waals surface area contributed by atoms with Gasteiger partial charge in [0.2, 0.25) is 17.7 Å². The summed E-state index contributed by atoms with van der Waals surface area (Å²) in [5.74, 6) is -0.467. The van der Waals surface area contributed by atoms with Crippen LogP contribution in [0.4, 0.5) is 0 Å². The van der Waals surface area contributed by atoms with Gasteiger partial charge in [-0.1, -0.05) is 48.2 Å². The predicted octanol–water partition coefficient (Wildman–Crippen LogP) is 2.67. The second-order valence-electron chi connectivity index (χ2n) is 11.6. The fourth-order valence-electron chi connectivity index (χ4n) is 5.78. The molecule has 3 atom stereocenters. The van der Waals surface area contributed by atoms with Crippen LogP contribution in [0.3, 0.4) is 0 Å². The highest BCUT2D eigenvalue weighted by Gasteiger charge is 2.33. The SMILES string of the molecule is COc1ccc2c(c1)CNC(=O)[C@H](Cc1c[nH]c3ccccc13)N(C)C(=O)[C@H](CN)NC(=O)[C@H](CCCN)NCc1ccccc1S2. The maximum Gasteiger partial charge on any atom is 0.246 e. The monoisotopic (exact) mass is 657 g/mol. The largest absolute Gasteiger partial charge is 0.497 e. The van der Waals surface area contributed by atoms with E-state index in [0.29, 0.717) is 31.7 Å². The summed E-state index contributed by atoms with van der Waals surface area (Å²) in [5, 5.41) is 10.3. The average molecular weight is 658 g/mol. The molecule has 0 spiro atoms. The molecular formula is C35H43N7O4S. The van der Waals surface area contributed by atoms with E-state index in [9.17, 15) is 14.4 Å². The van der Waals surface area contributed by atoms with Crippen molar-refractivity contribution in [1.82, 2.24) is 25.8 Å². The van der Waals surface area contributed by atoms with Crippen molar-refractivity contribution in [3.63, 3.8) is 0 Å². The number of amides is 3. The van der Waals surface area contributed by atoms with Gasteiger partial charge in [0.25, 0.3) is 0 Å². The number of para-hydroxylation sites is 1. The molecule has 1 aliphatic rings. The number of methoxy groups -OCH3 is 1. The van der Waals surface area contributed by atoms with Crippen molar-refractivity contribution in [2.45, 2.75) is 60.3 Å². The van der Waals surface area contributed by atoms with E-state index >= 15 is 0 Å². The van der Waals surface area contributed by atoms with Crippen molar-refractivity contribution in [3.8, 4) is 5.75 Å². The topological polar surface area (TPSA) is 168 Å². The highest BCUT2D eigenvalue weighted by molar-refractivity contribution is 7.99. The summed E-state index contributed by atoms with van der Waals surface area (Å²) in [6.45, 7) is 0.919. The van der Waals surface area contributed by atoms with Gasteiger partial charge < -0.3 is 42.0 Å². The molecule has 47 heavy (non-hydrogen) atoms. The Labute approximate surface area is 279 Å². The van der Waals surface area contributed by atoms with Crippen LogP contribution in [0.15, 0.2) is 82.7 Å². The number of hydrogen-bond donors (Lipinski definition) is 6. The molecule has 0 radical (unpaired) electrons. The van der Waals surface area contributed by atoms with Crippen LogP contribution in [0.5, 0.6) is 5.75 Å². The van der Waals surface area contributed by atoms with Crippen molar-refractivity contribution >= 4 is 40.4 Å². The fraction of sp³-hybridized carbons (Fsp3) is 0.343. The van der Waals surface area contributed by atoms with Crippen LogP contribution in [0.2, 0.25) is 0 Å². The van der Waals surface area contributed by atoms with Crippen LogP contribution < -0.4 is 32.2 Å². The van der Waals surface area contributed by atoms with Crippen molar-refractivity contribution < 1.29 is 19.1 Å². The second kappa shape index (κ2) is 16.0. The van der Waals surface area contributed by atoms with Crippen LogP contribution in [0.25, 0.3) is 10.9 Å². The lowest BCUT2D eigenvalue weighted by Crippen LogP contribution is -2.59. The first-order valence-corrected chi connectivity index (χ1v) is 16.6.